The van der Waals surface area contributed by atoms with Gasteiger partial charge in [0, 0.05) is 42.1 Å². The molecule has 1 fully saturated rings. The summed E-state index contributed by atoms with van der Waals surface area (Å²) in [6, 6.07) is 13.6. The zero-order valence-electron chi connectivity index (χ0n) is 18.6. The van der Waals surface area contributed by atoms with Crippen LogP contribution >= 0.6 is 0 Å². The highest BCUT2D eigenvalue weighted by Gasteiger charge is 2.17. The molecule has 3 aromatic heterocycles. The van der Waals surface area contributed by atoms with Gasteiger partial charge in [-0.25, -0.2) is 20.8 Å². The molecule has 0 saturated carbocycles. The summed E-state index contributed by atoms with van der Waals surface area (Å²) in [6.45, 7) is 2.51. The molecule has 1 aromatic carbocycles. The highest BCUT2D eigenvalue weighted by Crippen LogP contribution is 2.24. The van der Waals surface area contributed by atoms with Crippen LogP contribution in [0, 0.1) is 5.92 Å². The molecule has 0 amide bonds. The van der Waals surface area contributed by atoms with Crippen molar-refractivity contribution >= 4 is 34.0 Å². The number of rotatable bonds is 8. The maximum atomic E-state index is 6.32. The number of ether oxygens (including phenoxy) is 2. The van der Waals surface area contributed by atoms with Crippen LogP contribution in [0.4, 0.5) is 23.1 Å². The molecule has 1 aliphatic rings. The first kappa shape index (κ1) is 21.8. The average Bonchev–Trinajstić information content (AvgIpc) is 3.38. The smallest absolute Gasteiger partial charge is 0.215 e. The second-order valence-electron chi connectivity index (χ2n) is 8.17. The molecular formula is C24H26N8O2. The Labute approximate surface area is 196 Å². The molecule has 0 aliphatic carbocycles. The van der Waals surface area contributed by atoms with Crippen LogP contribution in [0.15, 0.2) is 61.1 Å². The summed E-state index contributed by atoms with van der Waals surface area (Å²) < 4.78 is 11.2. The fraction of sp³-hybridized carbons (Fsp3) is 0.250. The van der Waals surface area contributed by atoms with Crippen molar-refractivity contribution in [1.82, 2.24) is 19.9 Å². The van der Waals surface area contributed by atoms with Gasteiger partial charge in [-0.2, -0.15) is 0 Å². The maximum absolute atomic E-state index is 6.32. The second kappa shape index (κ2) is 9.86. The number of nitrogens with two attached hydrogens (primary N) is 2. The molecule has 4 heterocycles. The van der Waals surface area contributed by atoms with E-state index in [1.54, 1.807) is 18.6 Å². The minimum atomic E-state index is 0.244. The Balaban J connectivity index is 1.27. The van der Waals surface area contributed by atoms with Gasteiger partial charge in [-0.15, -0.1) is 0 Å². The molecule has 1 atom stereocenters. The van der Waals surface area contributed by atoms with E-state index in [4.69, 9.17) is 21.1 Å². The van der Waals surface area contributed by atoms with Gasteiger partial charge in [-0.3, -0.25) is 9.99 Å². The lowest BCUT2D eigenvalue weighted by Gasteiger charge is -2.20. The summed E-state index contributed by atoms with van der Waals surface area (Å²) in [7, 11) is 0. The molecule has 0 spiro atoms. The van der Waals surface area contributed by atoms with Crippen LogP contribution < -0.4 is 26.6 Å². The van der Waals surface area contributed by atoms with Crippen LogP contribution in [0.25, 0.3) is 10.9 Å². The lowest BCUT2D eigenvalue weighted by molar-refractivity contribution is 0.165. The number of nitrogens with zero attached hydrogens (tertiary/aromatic N) is 5. The topological polar surface area (TPSA) is 137 Å². The Hall–Kier alpha value is -4.02. The molecule has 10 nitrogen and oxygen atoms in total. The standard InChI is InChI=1S/C24H26N8O2/c25-23-24(32(26)13-16-3-4-20-18(10-16)2-1-7-27-20)31-21(12-29-23)30-19-5-8-28-22(11-19)34-15-17-6-9-33-14-17/h1-5,7-8,10-12,17H,6,9,13-15,26H2,(H2,25,29)(H,28,30,31)/t17-/m1/s1. The number of pyridine rings is 2. The predicted octanol–water partition coefficient (Wildman–Crippen LogP) is 3.04. The average molecular weight is 459 g/mol. The summed E-state index contributed by atoms with van der Waals surface area (Å²) in [6.07, 6.45) is 6.02. The molecular weight excluding hydrogens is 432 g/mol. The molecule has 1 aliphatic heterocycles. The monoisotopic (exact) mass is 458 g/mol. The molecule has 0 unspecified atom stereocenters. The van der Waals surface area contributed by atoms with Crippen molar-refractivity contribution in [3.63, 3.8) is 0 Å². The third-order valence-electron chi connectivity index (χ3n) is 5.57. The molecule has 4 aromatic rings. The number of benzene rings is 1. The van der Waals surface area contributed by atoms with Crippen LogP contribution in [-0.2, 0) is 11.3 Å². The van der Waals surface area contributed by atoms with Crippen LogP contribution in [-0.4, -0.2) is 39.8 Å². The van der Waals surface area contributed by atoms with Crippen LogP contribution in [0.1, 0.15) is 12.0 Å². The van der Waals surface area contributed by atoms with E-state index in [0.717, 1.165) is 41.8 Å². The fourth-order valence-electron chi connectivity index (χ4n) is 3.79. The maximum Gasteiger partial charge on any atom is 0.215 e. The van der Waals surface area contributed by atoms with E-state index in [0.29, 0.717) is 36.6 Å². The molecule has 0 bridgehead atoms. The third-order valence-corrected chi connectivity index (χ3v) is 5.57. The van der Waals surface area contributed by atoms with E-state index in [1.807, 2.05) is 42.5 Å². The van der Waals surface area contributed by atoms with E-state index in [2.05, 4.69) is 25.3 Å². The summed E-state index contributed by atoms with van der Waals surface area (Å²) >= 11 is 0. The minimum Gasteiger partial charge on any atom is -0.477 e. The fourth-order valence-corrected chi connectivity index (χ4v) is 3.79. The van der Waals surface area contributed by atoms with E-state index in [-0.39, 0.29) is 5.82 Å². The molecule has 34 heavy (non-hydrogen) atoms. The highest BCUT2D eigenvalue weighted by atomic mass is 16.5. The number of aromatic nitrogens is 4. The Kier molecular flexibility index (Phi) is 6.32. The Morgan fingerprint density at radius 1 is 1.12 bits per heavy atom. The van der Waals surface area contributed by atoms with Gasteiger partial charge in [0.05, 0.1) is 31.5 Å². The van der Waals surface area contributed by atoms with Gasteiger partial charge in [-0.05, 0) is 36.2 Å². The van der Waals surface area contributed by atoms with Gasteiger partial charge in [0.1, 0.15) is 0 Å². The first-order valence-electron chi connectivity index (χ1n) is 11.1. The normalized spacial score (nSPS) is 15.4. The predicted molar refractivity (Wildman–Crippen MR) is 130 cm³/mol. The first-order chi connectivity index (χ1) is 16.6. The van der Waals surface area contributed by atoms with Gasteiger partial charge < -0.3 is 20.5 Å². The zero-order valence-corrected chi connectivity index (χ0v) is 18.6. The van der Waals surface area contributed by atoms with E-state index in [1.165, 1.54) is 5.01 Å². The van der Waals surface area contributed by atoms with Gasteiger partial charge in [0.25, 0.3) is 0 Å². The minimum absolute atomic E-state index is 0.244. The van der Waals surface area contributed by atoms with Crippen molar-refractivity contribution in [2.24, 2.45) is 11.8 Å². The van der Waals surface area contributed by atoms with Crippen LogP contribution in [0.2, 0.25) is 0 Å². The van der Waals surface area contributed by atoms with Crippen molar-refractivity contribution in [1.29, 1.82) is 0 Å². The zero-order chi connectivity index (χ0) is 23.3. The molecule has 0 radical (unpaired) electrons. The molecule has 1 saturated heterocycles. The van der Waals surface area contributed by atoms with Gasteiger partial charge >= 0.3 is 0 Å². The Bertz CT molecular complexity index is 1280. The quantitative estimate of drug-likeness (QED) is 0.267. The van der Waals surface area contributed by atoms with Crippen LogP contribution in [0.3, 0.4) is 0 Å². The Morgan fingerprint density at radius 3 is 2.94 bits per heavy atom. The van der Waals surface area contributed by atoms with Gasteiger partial charge in [0.15, 0.2) is 17.5 Å². The van der Waals surface area contributed by atoms with Gasteiger partial charge in [-0.1, -0.05) is 12.1 Å². The number of hydrogen-bond acceptors (Lipinski definition) is 10. The molecule has 174 valence electrons. The van der Waals surface area contributed by atoms with E-state index >= 15 is 0 Å². The lowest BCUT2D eigenvalue weighted by atomic mass is 10.1. The van der Waals surface area contributed by atoms with Gasteiger partial charge in [0.2, 0.25) is 5.88 Å². The number of fused-ring (bicyclic) bond motifs is 1. The van der Waals surface area contributed by atoms with E-state index < -0.39 is 0 Å². The SMILES string of the molecule is Nc1ncc(Nc2ccnc(OC[C@@H]3CCOC3)c2)nc1N(N)Cc1ccc2ncccc2c1. The molecule has 10 heteroatoms. The van der Waals surface area contributed by atoms with Crippen molar-refractivity contribution < 1.29 is 9.47 Å². The number of anilines is 4. The summed E-state index contributed by atoms with van der Waals surface area (Å²) in [5, 5.41) is 5.74. The number of hydrazine groups is 1. The van der Waals surface area contributed by atoms with Crippen molar-refractivity contribution in [3.8, 4) is 5.88 Å². The van der Waals surface area contributed by atoms with E-state index in [9.17, 15) is 0 Å². The summed E-state index contributed by atoms with van der Waals surface area (Å²) in [4.78, 5) is 17.5. The Morgan fingerprint density at radius 2 is 2.06 bits per heavy atom. The number of nitrogen functional groups attached to an aromatic ring is 1. The highest BCUT2D eigenvalue weighted by molar-refractivity contribution is 5.79. The summed E-state index contributed by atoms with van der Waals surface area (Å²) in [5.41, 5.74) is 8.78. The second-order valence-corrected chi connectivity index (χ2v) is 8.17. The van der Waals surface area contributed by atoms with Crippen molar-refractivity contribution in [3.05, 3.63) is 66.6 Å². The van der Waals surface area contributed by atoms with Crippen molar-refractivity contribution in [2.45, 2.75) is 13.0 Å². The van der Waals surface area contributed by atoms with Crippen molar-refractivity contribution in [2.75, 3.05) is 35.9 Å². The lowest BCUT2D eigenvalue weighted by Crippen LogP contribution is -2.32. The molecule has 5 rings (SSSR count). The largest absolute Gasteiger partial charge is 0.477 e. The first-order valence-corrected chi connectivity index (χ1v) is 11.1. The number of hydrogen-bond donors (Lipinski definition) is 3. The van der Waals surface area contributed by atoms with Crippen LogP contribution in [0.5, 0.6) is 5.88 Å². The third kappa shape index (κ3) is 5.13. The molecule has 5 N–H and O–H groups in total. The summed E-state index contributed by atoms with van der Waals surface area (Å²) in [5.74, 6) is 8.38. The number of nitrogens with one attached hydrogen (secondary N) is 1.